The van der Waals surface area contributed by atoms with E-state index in [0.29, 0.717) is 0 Å². The summed E-state index contributed by atoms with van der Waals surface area (Å²) in [7, 11) is 0. The molecule has 0 N–H and O–H groups in total. The van der Waals surface area contributed by atoms with Crippen molar-refractivity contribution in [3.63, 3.8) is 0 Å². The number of rotatable bonds is 5. The Labute approximate surface area is 179 Å². The Bertz CT molecular complexity index is 968. The van der Waals surface area contributed by atoms with Gasteiger partial charge in [-0.05, 0) is 48.6 Å². The summed E-state index contributed by atoms with van der Waals surface area (Å²) in [4.78, 5) is 5.21. The standard InChI is InChI=1S/C26H29ClN2/c1-20-9-7-11-22(17-20)18-28-15-8-16-29(19-23-12-4-6-14-25(23)27)26(28)24-13-5-3-10-21(24)2/h3-7,9-14,17,26H,8,15-16,18-19H2,1-2H3/t26-/m1/s1. The molecule has 1 fully saturated rings. The lowest BCUT2D eigenvalue weighted by atomic mass is 10.00. The van der Waals surface area contributed by atoms with Gasteiger partial charge in [-0.3, -0.25) is 9.80 Å². The van der Waals surface area contributed by atoms with Crippen LogP contribution in [0.2, 0.25) is 5.02 Å². The fourth-order valence-corrected chi connectivity index (χ4v) is 4.64. The van der Waals surface area contributed by atoms with Crippen LogP contribution in [0.15, 0.2) is 72.8 Å². The highest BCUT2D eigenvalue weighted by atomic mass is 35.5. The maximum absolute atomic E-state index is 6.51. The van der Waals surface area contributed by atoms with Crippen LogP contribution in [0.3, 0.4) is 0 Å². The molecule has 1 atom stereocenters. The Morgan fingerprint density at radius 2 is 1.55 bits per heavy atom. The molecule has 3 aromatic rings. The third kappa shape index (κ3) is 4.72. The summed E-state index contributed by atoms with van der Waals surface area (Å²) in [5, 5.41) is 0.854. The predicted octanol–water partition coefficient (Wildman–Crippen LogP) is 6.36. The van der Waals surface area contributed by atoms with Crippen molar-refractivity contribution in [2.24, 2.45) is 0 Å². The zero-order valence-corrected chi connectivity index (χ0v) is 18.1. The van der Waals surface area contributed by atoms with Crippen molar-refractivity contribution < 1.29 is 0 Å². The van der Waals surface area contributed by atoms with Crippen LogP contribution in [0.5, 0.6) is 0 Å². The summed E-state index contributed by atoms with van der Waals surface area (Å²) >= 11 is 6.51. The van der Waals surface area contributed by atoms with E-state index in [1.165, 1.54) is 34.2 Å². The van der Waals surface area contributed by atoms with Crippen LogP contribution >= 0.6 is 11.6 Å². The minimum absolute atomic E-state index is 0.252. The molecule has 4 rings (SSSR count). The van der Waals surface area contributed by atoms with Crippen LogP contribution in [0, 0.1) is 13.8 Å². The lowest BCUT2D eigenvalue weighted by Gasteiger charge is -2.45. The Kier molecular flexibility index (Phi) is 6.34. The van der Waals surface area contributed by atoms with E-state index >= 15 is 0 Å². The highest BCUT2D eigenvalue weighted by molar-refractivity contribution is 6.31. The number of halogens is 1. The first-order valence-electron chi connectivity index (χ1n) is 10.4. The SMILES string of the molecule is Cc1cccc(CN2CCCN(Cc3ccccc3Cl)[C@@H]2c2ccccc2C)c1. The lowest BCUT2D eigenvalue weighted by molar-refractivity contribution is -0.00944. The third-order valence-electron chi connectivity index (χ3n) is 5.85. The van der Waals surface area contributed by atoms with Gasteiger partial charge in [-0.1, -0.05) is 83.9 Å². The van der Waals surface area contributed by atoms with Crippen molar-refractivity contribution in [3.05, 3.63) is 106 Å². The van der Waals surface area contributed by atoms with Crippen LogP contribution in [0.4, 0.5) is 0 Å². The molecule has 0 radical (unpaired) electrons. The molecule has 0 aromatic heterocycles. The van der Waals surface area contributed by atoms with Crippen LogP contribution in [0.1, 0.15) is 40.4 Å². The number of nitrogens with zero attached hydrogens (tertiary/aromatic N) is 2. The van der Waals surface area contributed by atoms with Crippen molar-refractivity contribution in [2.75, 3.05) is 13.1 Å². The van der Waals surface area contributed by atoms with E-state index in [4.69, 9.17) is 11.6 Å². The van der Waals surface area contributed by atoms with Crippen LogP contribution in [0.25, 0.3) is 0 Å². The largest absolute Gasteiger partial charge is 0.280 e. The average Bonchev–Trinajstić information content (AvgIpc) is 2.71. The zero-order valence-electron chi connectivity index (χ0n) is 17.3. The number of benzene rings is 3. The van der Waals surface area contributed by atoms with Crippen molar-refractivity contribution >= 4 is 11.6 Å². The molecular formula is C26H29ClN2. The van der Waals surface area contributed by atoms with Gasteiger partial charge in [-0.25, -0.2) is 0 Å². The Morgan fingerprint density at radius 3 is 2.31 bits per heavy atom. The van der Waals surface area contributed by atoms with Gasteiger partial charge in [0.05, 0.1) is 6.17 Å². The summed E-state index contributed by atoms with van der Waals surface area (Å²) < 4.78 is 0. The van der Waals surface area contributed by atoms with Gasteiger partial charge in [-0.2, -0.15) is 0 Å². The molecule has 29 heavy (non-hydrogen) atoms. The van der Waals surface area contributed by atoms with Crippen molar-refractivity contribution in [1.29, 1.82) is 0 Å². The second kappa shape index (κ2) is 9.13. The van der Waals surface area contributed by atoms with Gasteiger partial charge in [0.2, 0.25) is 0 Å². The number of hydrogen-bond donors (Lipinski definition) is 0. The highest BCUT2D eigenvalue weighted by Gasteiger charge is 2.31. The van der Waals surface area contributed by atoms with E-state index in [-0.39, 0.29) is 6.17 Å². The molecule has 0 amide bonds. The summed E-state index contributed by atoms with van der Waals surface area (Å²) in [6, 6.07) is 25.9. The van der Waals surface area contributed by atoms with E-state index in [1.807, 2.05) is 12.1 Å². The number of aryl methyl sites for hydroxylation is 2. The first-order valence-corrected chi connectivity index (χ1v) is 10.8. The van der Waals surface area contributed by atoms with Gasteiger partial charge in [0.1, 0.15) is 0 Å². The van der Waals surface area contributed by atoms with Gasteiger partial charge >= 0.3 is 0 Å². The second-order valence-electron chi connectivity index (χ2n) is 8.11. The smallest absolute Gasteiger partial charge is 0.0894 e. The van der Waals surface area contributed by atoms with Crippen LogP contribution in [-0.2, 0) is 13.1 Å². The van der Waals surface area contributed by atoms with Crippen LogP contribution < -0.4 is 0 Å². The first-order chi connectivity index (χ1) is 14.1. The molecule has 0 saturated carbocycles. The summed E-state index contributed by atoms with van der Waals surface area (Å²) in [6.07, 6.45) is 1.42. The monoisotopic (exact) mass is 404 g/mol. The molecule has 0 aliphatic carbocycles. The molecule has 1 aliphatic heterocycles. The minimum Gasteiger partial charge on any atom is -0.280 e. The normalized spacial score (nSPS) is 18.1. The highest BCUT2D eigenvalue weighted by Crippen LogP contribution is 2.34. The van der Waals surface area contributed by atoms with Gasteiger partial charge in [-0.15, -0.1) is 0 Å². The molecule has 0 spiro atoms. The second-order valence-corrected chi connectivity index (χ2v) is 8.51. The minimum atomic E-state index is 0.252. The van der Waals surface area contributed by atoms with E-state index in [2.05, 4.69) is 84.3 Å². The lowest BCUT2D eigenvalue weighted by Crippen LogP contribution is -2.47. The van der Waals surface area contributed by atoms with Gasteiger partial charge < -0.3 is 0 Å². The van der Waals surface area contributed by atoms with Crippen LogP contribution in [-0.4, -0.2) is 22.9 Å². The molecular weight excluding hydrogens is 376 g/mol. The molecule has 1 aliphatic rings. The fourth-order valence-electron chi connectivity index (χ4n) is 4.44. The van der Waals surface area contributed by atoms with Gasteiger partial charge in [0.25, 0.3) is 0 Å². The predicted molar refractivity (Wildman–Crippen MR) is 122 cm³/mol. The molecule has 0 unspecified atom stereocenters. The van der Waals surface area contributed by atoms with E-state index in [0.717, 1.165) is 31.2 Å². The quantitative estimate of drug-likeness (QED) is 0.487. The molecule has 1 heterocycles. The topological polar surface area (TPSA) is 6.48 Å². The van der Waals surface area contributed by atoms with Crippen molar-refractivity contribution in [3.8, 4) is 0 Å². The summed E-state index contributed by atoms with van der Waals surface area (Å²) in [5.41, 5.74) is 6.64. The van der Waals surface area contributed by atoms with E-state index in [1.54, 1.807) is 0 Å². The molecule has 2 nitrogen and oxygen atoms in total. The number of hydrogen-bond acceptors (Lipinski definition) is 2. The summed E-state index contributed by atoms with van der Waals surface area (Å²) in [5.74, 6) is 0. The van der Waals surface area contributed by atoms with E-state index in [9.17, 15) is 0 Å². The average molecular weight is 405 g/mol. The maximum atomic E-state index is 6.51. The Balaban J connectivity index is 1.68. The zero-order chi connectivity index (χ0) is 20.2. The molecule has 150 valence electrons. The van der Waals surface area contributed by atoms with Crippen molar-refractivity contribution in [1.82, 2.24) is 9.80 Å². The maximum Gasteiger partial charge on any atom is 0.0894 e. The fraction of sp³-hybridized carbons (Fsp3) is 0.308. The van der Waals surface area contributed by atoms with Crippen molar-refractivity contribution in [2.45, 2.75) is 39.5 Å². The first kappa shape index (κ1) is 20.2. The summed E-state index contributed by atoms with van der Waals surface area (Å²) in [6.45, 7) is 8.40. The Hall–Kier alpha value is -2.13. The van der Waals surface area contributed by atoms with Gasteiger partial charge in [0.15, 0.2) is 0 Å². The Morgan fingerprint density at radius 1 is 0.828 bits per heavy atom. The molecule has 3 heteroatoms. The third-order valence-corrected chi connectivity index (χ3v) is 6.22. The molecule has 1 saturated heterocycles. The van der Waals surface area contributed by atoms with Gasteiger partial charge in [0, 0.05) is 31.2 Å². The molecule has 0 bridgehead atoms. The van der Waals surface area contributed by atoms with E-state index < -0.39 is 0 Å². The molecule has 3 aromatic carbocycles.